The van der Waals surface area contributed by atoms with Crippen LogP contribution < -0.4 is 11.1 Å². The molecule has 2 aromatic carbocycles. The largest absolute Gasteiger partial charge is 0.324 e. The van der Waals surface area contributed by atoms with Crippen molar-refractivity contribution in [3.63, 3.8) is 0 Å². The number of hydrogen-bond donors (Lipinski definition) is 2. The van der Waals surface area contributed by atoms with Crippen molar-refractivity contribution in [1.29, 1.82) is 0 Å². The Bertz CT molecular complexity index is 582. The van der Waals surface area contributed by atoms with Crippen LogP contribution in [0.1, 0.15) is 35.2 Å². The molecule has 98 valence electrons. The molecule has 2 nitrogen and oxygen atoms in total. The molecule has 2 unspecified atom stereocenters. The Hall–Kier alpha value is -1.35. The Balaban J connectivity index is 1.72. The van der Waals surface area contributed by atoms with Gasteiger partial charge in [-0.15, -0.1) is 0 Å². The Morgan fingerprint density at radius 1 is 1.11 bits per heavy atom. The van der Waals surface area contributed by atoms with E-state index in [0.29, 0.717) is 6.04 Å². The van der Waals surface area contributed by atoms with E-state index >= 15 is 0 Å². The second-order valence-corrected chi connectivity index (χ2v) is 5.47. The highest BCUT2D eigenvalue weighted by atomic mass is 35.5. The normalized spacial score (nSPS) is 21.4. The minimum Gasteiger partial charge on any atom is -0.324 e. The van der Waals surface area contributed by atoms with Gasteiger partial charge >= 0.3 is 0 Å². The van der Waals surface area contributed by atoms with Crippen LogP contribution in [0.15, 0.2) is 48.5 Å². The smallest absolute Gasteiger partial charge is 0.0409 e. The Labute approximate surface area is 118 Å². The Kier molecular flexibility index (Phi) is 3.56. The van der Waals surface area contributed by atoms with Gasteiger partial charge in [0.25, 0.3) is 0 Å². The summed E-state index contributed by atoms with van der Waals surface area (Å²) in [6.07, 6.45) is 0.958. The van der Waals surface area contributed by atoms with Crippen molar-refractivity contribution < 1.29 is 0 Å². The van der Waals surface area contributed by atoms with Gasteiger partial charge in [0.1, 0.15) is 0 Å². The van der Waals surface area contributed by atoms with Crippen molar-refractivity contribution in [2.45, 2.75) is 25.0 Å². The van der Waals surface area contributed by atoms with Gasteiger partial charge in [-0.05, 0) is 35.2 Å². The monoisotopic (exact) mass is 272 g/mol. The van der Waals surface area contributed by atoms with Gasteiger partial charge in [-0.1, -0.05) is 48.0 Å². The molecular formula is C16H17ClN2. The van der Waals surface area contributed by atoms with E-state index in [1.807, 2.05) is 18.2 Å². The highest BCUT2D eigenvalue weighted by Gasteiger charge is 2.27. The van der Waals surface area contributed by atoms with Crippen molar-refractivity contribution in [2.24, 2.45) is 5.73 Å². The highest BCUT2D eigenvalue weighted by molar-refractivity contribution is 6.30. The Morgan fingerprint density at radius 2 is 1.89 bits per heavy atom. The first kappa shape index (κ1) is 12.7. The molecule has 2 atom stereocenters. The molecule has 0 saturated heterocycles. The first-order valence-electron chi connectivity index (χ1n) is 6.56. The van der Waals surface area contributed by atoms with E-state index in [2.05, 4.69) is 35.6 Å². The van der Waals surface area contributed by atoms with Crippen LogP contribution in [0.2, 0.25) is 5.02 Å². The molecular weight excluding hydrogens is 256 g/mol. The second-order valence-electron chi connectivity index (χ2n) is 5.03. The lowest BCUT2D eigenvalue weighted by atomic mass is 10.1. The third-order valence-corrected chi connectivity index (χ3v) is 3.94. The van der Waals surface area contributed by atoms with Crippen LogP contribution in [-0.2, 0) is 6.54 Å². The minimum absolute atomic E-state index is 0.146. The molecule has 1 aliphatic rings. The fourth-order valence-electron chi connectivity index (χ4n) is 2.76. The van der Waals surface area contributed by atoms with Crippen molar-refractivity contribution >= 4 is 11.6 Å². The van der Waals surface area contributed by atoms with Gasteiger partial charge in [-0.3, -0.25) is 0 Å². The van der Waals surface area contributed by atoms with Crippen molar-refractivity contribution in [1.82, 2.24) is 5.32 Å². The van der Waals surface area contributed by atoms with Crippen molar-refractivity contribution in [3.05, 3.63) is 70.2 Å². The van der Waals surface area contributed by atoms with Crippen LogP contribution in [0, 0.1) is 0 Å². The summed E-state index contributed by atoms with van der Waals surface area (Å²) in [6.45, 7) is 0.812. The molecule has 0 aliphatic heterocycles. The first-order valence-corrected chi connectivity index (χ1v) is 6.94. The molecule has 0 spiro atoms. The summed E-state index contributed by atoms with van der Waals surface area (Å²) in [5.41, 5.74) is 9.97. The fraction of sp³-hybridized carbons (Fsp3) is 0.250. The first-order chi connectivity index (χ1) is 9.24. The van der Waals surface area contributed by atoms with Gasteiger partial charge in [-0.2, -0.15) is 0 Å². The van der Waals surface area contributed by atoms with Gasteiger partial charge in [0, 0.05) is 23.7 Å². The highest BCUT2D eigenvalue weighted by Crippen LogP contribution is 2.37. The number of halogens is 1. The summed E-state index contributed by atoms with van der Waals surface area (Å²) < 4.78 is 0. The van der Waals surface area contributed by atoms with Gasteiger partial charge in [0.05, 0.1) is 0 Å². The number of fused-ring (bicyclic) bond motifs is 1. The molecule has 0 saturated carbocycles. The lowest BCUT2D eigenvalue weighted by Crippen LogP contribution is -2.19. The third kappa shape index (κ3) is 2.66. The molecule has 0 radical (unpaired) electrons. The second kappa shape index (κ2) is 5.33. The fourth-order valence-corrected chi connectivity index (χ4v) is 2.97. The van der Waals surface area contributed by atoms with E-state index in [0.717, 1.165) is 18.0 Å². The van der Waals surface area contributed by atoms with E-state index in [9.17, 15) is 0 Å². The molecule has 0 amide bonds. The standard InChI is InChI=1S/C16H17ClN2/c17-12-5-3-4-11(8-12)10-19-16-9-15(18)13-6-1-2-7-14(13)16/h1-8,15-16,19H,9-10,18H2. The van der Waals surface area contributed by atoms with Crippen molar-refractivity contribution in [2.75, 3.05) is 0 Å². The predicted molar refractivity (Wildman–Crippen MR) is 79.0 cm³/mol. The zero-order valence-electron chi connectivity index (χ0n) is 10.6. The number of benzene rings is 2. The van der Waals surface area contributed by atoms with E-state index in [1.54, 1.807) is 0 Å². The van der Waals surface area contributed by atoms with Gasteiger partial charge < -0.3 is 11.1 Å². The van der Waals surface area contributed by atoms with Crippen LogP contribution in [0.4, 0.5) is 0 Å². The van der Waals surface area contributed by atoms with Crippen LogP contribution in [0.5, 0.6) is 0 Å². The predicted octanol–water partition coefficient (Wildman–Crippen LogP) is 3.57. The SMILES string of the molecule is NC1CC(NCc2cccc(Cl)c2)c2ccccc21. The molecule has 3 heteroatoms. The van der Waals surface area contributed by atoms with E-state index in [4.69, 9.17) is 17.3 Å². The minimum atomic E-state index is 0.146. The number of nitrogens with two attached hydrogens (primary N) is 1. The molecule has 1 aliphatic carbocycles. The average Bonchev–Trinajstić information content (AvgIpc) is 2.74. The molecule has 3 N–H and O–H groups in total. The maximum atomic E-state index is 6.17. The van der Waals surface area contributed by atoms with E-state index in [1.165, 1.54) is 16.7 Å². The topological polar surface area (TPSA) is 38.0 Å². The molecule has 0 aromatic heterocycles. The lowest BCUT2D eigenvalue weighted by molar-refractivity contribution is 0.498. The average molecular weight is 273 g/mol. The van der Waals surface area contributed by atoms with Gasteiger partial charge in [0.2, 0.25) is 0 Å². The molecule has 0 fully saturated rings. The maximum Gasteiger partial charge on any atom is 0.0409 e. The molecule has 0 heterocycles. The quantitative estimate of drug-likeness (QED) is 0.896. The molecule has 0 bridgehead atoms. The van der Waals surface area contributed by atoms with Gasteiger partial charge in [0.15, 0.2) is 0 Å². The van der Waals surface area contributed by atoms with E-state index in [-0.39, 0.29) is 6.04 Å². The zero-order valence-corrected chi connectivity index (χ0v) is 11.4. The lowest BCUT2D eigenvalue weighted by Gasteiger charge is -2.14. The van der Waals surface area contributed by atoms with Crippen LogP contribution in [0.25, 0.3) is 0 Å². The van der Waals surface area contributed by atoms with Crippen LogP contribution >= 0.6 is 11.6 Å². The zero-order chi connectivity index (χ0) is 13.2. The summed E-state index contributed by atoms with van der Waals surface area (Å²) in [7, 11) is 0. The Morgan fingerprint density at radius 3 is 2.68 bits per heavy atom. The molecule has 3 rings (SSSR count). The van der Waals surface area contributed by atoms with E-state index < -0.39 is 0 Å². The summed E-state index contributed by atoms with van der Waals surface area (Å²) in [4.78, 5) is 0. The van der Waals surface area contributed by atoms with Crippen molar-refractivity contribution in [3.8, 4) is 0 Å². The summed E-state index contributed by atoms with van der Waals surface area (Å²) in [5, 5.41) is 4.35. The van der Waals surface area contributed by atoms with Crippen LogP contribution in [0.3, 0.4) is 0 Å². The summed E-state index contributed by atoms with van der Waals surface area (Å²) in [5.74, 6) is 0. The molecule has 2 aromatic rings. The number of hydrogen-bond acceptors (Lipinski definition) is 2. The van der Waals surface area contributed by atoms with Gasteiger partial charge in [-0.25, -0.2) is 0 Å². The number of nitrogens with one attached hydrogen (secondary N) is 1. The summed E-state index contributed by atoms with van der Waals surface area (Å²) >= 11 is 6.00. The third-order valence-electron chi connectivity index (χ3n) is 3.70. The van der Waals surface area contributed by atoms with Crippen LogP contribution in [-0.4, -0.2) is 0 Å². The molecule has 19 heavy (non-hydrogen) atoms. The summed E-state index contributed by atoms with van der Waals surface area (Å²) in [6, 6.07) is 16.9. The number of rotatable bonds is 3. The maximum absolute atomic E-state index is 6.17.